The Balaban J connectivity index is 2.97. The van der Waals surface area contributed by atoms with Gasteiger partial charge in [0.25, 0.3) is 0 Å². The highest BCUT2D eigenvalue weighted by atomic mass is 35.5. The largest absolute Gasteiger partial charge is 0.461 e. The first-order valence-corrected chi connectivity index (χ1v) is 4.80. The van der Waals surface area contributed by atoms with Crippen LogP contribution < -0.4 is 0 Å². The Morgan fingerprint density at radius 1 is 1.53 bits per heavy atom. The van der Waals surface area contributed by atoms with Crippen molar-refractivity contribution in [3.8, 4) is 0 Å². The van der Waals surface area contributed by atoms with Crippen molar-refractivity contribution in [2.45, 2.75) is 20.5 Å². The Kier molecular flexibility index (Phi) is 3.86. The van der Waals surface area contributed by atoms with Gasteiger partial charge in [0, 0.05) is 23.1 Å². The number of ether oxygens (including phenoxy) is 1. The van der Waals surface area contributed by atoms with Gasteiger partial charge < -0.3 is 4.74 Å². The fourth-order valence-corrected chi connectivity index (χ4v) is 1.55. The van der Waals surface area contributed by atoms with Crippen LogP contribution >= 0.6 is 11.6 Å². The Bertz CT molecular complexity index is 376. The smallest absolute Gasteiger partial charge is 0.302 e. The quantitative estimate of drug-likeness (QED) is 0.588. The Labute approximate surface area is 93.0 Å². The molecule has 0 aliphatic carbocycles. The molecule has 0 saturated heterocycles. The van der Waals surface area contributed by atoms with E-state index in [1.54, 1.807) is 12.1 Å². The van der Waals surface area contributed by atoms with Crippen LogP contribution in [0.25, 0.3) is 0 Å². The zero-order valence-corrected chi connectivity index (χ0v) is 9.30. The molecule has 0 aliphatic rings. The van der Waals surface area contributed by atoms with Crippen LogP contribution in [-0.2, 0) is 16.1 Å². The van der Waals surface area contributed by atoms with E-state index in [0.29, 0.717) is 10.6 Å². The molecule has 0 radical (unpaired) electrons. The predicted molar refractivity (Wildman–Crippen MR) is 57.0 cm³/mol. The van der Waals surface area contributed by atoms with E-state index in [1.807, 2.05) is 6.92 Å². The lowest BCUT2D eigenvalue weighted by Crippen LogP contribution is -2.02. The summed E-state index contributed by atoms with van der Waals surface area (Å²) in [4.78, 5) is 21.2. The van der Waals surface area contributed by atoms with E-state index in [1.165, 1.54) is 6.92 Å². The highest BCUT2D eigenvalue weighted by Crippen LogP contribution is 2.22. The molecule has 1 aromatic carbocycles. The van der Waals surface area contributed by atoms with Crippen LogP contribution in [0.1, 0.15) is 28.4 Å². The molecule has 80 valence electrons. The minimum atomic E-state index is -0.357. The molecule has 0 spiro atoms. The van der Waals surface area contributed by atoms with Gasteiger partial charge >= 0.3 is 5.97 Å². The van der Waals surface area contributed by atoms with Gasteiger partial charge in [0.1, 0.15) is 12.9 Å². The predicted octanol–water partition coefficient (Wildman–Crippen LogP) is 2.52. The Morgan fingerprint density at radius 3 is 2.67 bits per heavy atom. The minimum absolute atomic E-state index is 0.138. The first-order valence-electron chi connectivity index (χ1n) is 4.42. The number of halogens is 1. The number of rotatable bonds is 3. The van der Waals surface area contributed by atoms with Crippen LogP contribution in [0.2, 0.25) is 5.02 Å². The number of hydrogen-bond acceptors (Lipinski definition) is 3. The monoisotopic (exact) mass is 226 g/mol. The van der Waals surface area contributed by atoms with Crippen molar-refractivity contribution in [2.75, 3.05) is 0 Å². The van der Waals surface area contributed by atoms with E-state index in [0.717, 1.165) is 17.4 Å². The molecule has 0 aromatic heterocycles. The van der Waals surface area contributed by atoms with Crippen LogP contribution in [0, 0.1) is 6.92 Å². The van der Waals surface area contributed by atoms with Gasteiger partial charge in [0.15, 0.2) is 0 Å². The molecule has 1 aromatic rings. The van der Waals surface area contributed by atoms with Gasteiger partial charge in [-0.05, 0) is 24.6 Å². The molecule has 0 heterocycles. The minimum Gasteiger partial charge on any atom is -0.461 e. The van der Waals surface area contributed by atoms with Crippen molar-refractivity contribution in [2.24, 2.45) is 0 Å². The maximum absolute atomic E-state index is 10.6. The summed E-state index contributed by atoms with van der Waals surface area (Å²) in [7, 11) is 0. The third-order valence-corrected chi connectivity index (χ3v) is 2.33. The van der Waals surface area contributed by atoms with E-state index < -0.39 is 0 Å². The molecular formula is C11H11ClO3. The standard InChI is InChI=1S/C11H11ClO3/c1-7-3-9(5-13)4-11(12)10(7)6-15-8(2)14/h3-5H,6H2,1-2H3. The van der Waals surface area contributed by atoms with Gasteiger partial charge in [0.2, 0.25) is 0 Å². The molecule has 0 saturated carbocycles. The number of carbonyl (C=O) groups is 2. The van der Waals surface area contributed by atoms with Crippen molar-refractivity contribution < 1.29 is 14.3 Å². The molecule has 15 heavy (non-hydrogen) atoms. The lowest BCUT2D eigenvalue weighted by Gasteiger charge is -2.09. The van der Waals surface area contributed by atoms with Crippen LogP contribution in [0.15, 0.2) is 12.1 Å². The highest BCUT2D eigenvalue weighted by Gasteiger charge is 2.07. The van der Waals surface area contributed by atoms with Crippen LogP contribution in [-0.4, -0.2) is 12.3 Å². The fraction of sp³-hybridized carbons (Fsp3) is 0.273. The fourth-order valence-electron chi connectivity index (χ4n) is 1.23. The van der Waals surface area contributed by atoms with Gasteiger partial charge in [-0.15, -0.1) is 0 Å². The maximum atomic E-state index is 10.6. The molecule has 4 heteroatoms. The average molecular weight is 227 g/mol. The Morgan fingerprint density at radius 2 is 2.20 bits per heavy atom. The second kappa shape index (κ2) is 4.94. The lowest BCUT2D eigenvalue weighted by atomic mass is 10.1. The molecule has 0 bridgehead atoms. The molecule has 1 rings (SSSR count). The van der Waals surface area contributed by atoms with Crippen molar-refractivity contribution in [3.63, 3.8) is 0 Å². The molecule has 0 N–H and O–H groups in total. The summed E-state index contributed by atoms with van der Waals surface area (Å²) < 4.78 is 4.85. The van der Waals surface area contributed by atoms with Crippen LogP contribution in [0.5, 0.6) is 0 Å². The molecule has 0 unspecified atom stereocenters. The van der Waals surface area contributed by atoms with E-state index in [-0.39, 0.29) is 12.6 Å². The van der Waals surface area contributed by atoms with Crippen LogP contribution in [0.3, 0.4) is 0 Å². The second-order valence-corrected chi connectivity index (χ2v) is 3.60. The molecule has 0 fully saturated rings. The van der Waals surface area contributed by atoms with E-state index in [4.69, 9.17) is 16.3 Å². The number of aryl methyl sites for hydroxylation is 1. The van der Waals surface area contributed by atoms with Gasteiger partial charge in [-0.25, -0.2) is 0 Å². The zero-order valence-electron chi connectivity index (χ0n) is 8.54. The zero-order chi connectivity index (χ0) is 11.4. The number of carbonyl (C=O) groups excluding carboxylic acids is 2. The summed E-state index contributed by atoms with van der Waals surface area (Å²) >= 11 is 5.95. The second-order valence-electron chi connectivity index (χ2n) is 3.20. The SMILES string of the molecule is CC(=O)OCc1c(C)cc(C=O)cc1Cl. The lowest BCUT2D eigenvalue weighted by molar-refractivity contribution is -0.142. The summed E-state index contributed by atoms with van der Waals surface area (Å²) in [5.74, 6) is -0.357. The van der Waals surface area contributed by atoms with Crippen molar-refractivity contribution in [1.82, 2.24) is 0 Å². The highest BCUT2D eigenvalue weighted by molar-refractivity contribution is 6.31. The molecule has 0 aliphatic heterocycles. The topological polar surface area (TPSA) is 43.4 Å². The molecule has 0 atom stereocenters. The number of aldehydes is 1. The third kappa shape index (κ3) is 3.06. The van der Waals surface area contributed by atoms with E-state index in [9.17, 15) is 9.59 Å². The first-order chi connectivity index (χ1) is 7.04. The van der Waals surface area contributed by atoms with Crippen molar-refractivity contribution >= 4 is 23.9 Å². The number of benzene rings is 1. The summed E-state index contributed by atoms with van der Waals surface area (Å²) in [6.07, 6.45) is 0.731. The first kappa shape index (κ1) is 11.7. The van der Waals surface area contributed by atoms with Gasteiger partial charge in [0.05, 0.1) is 0 Å². The van der Waals surface area contributed by atoms with E-state index in [2.05, 4.69) is 0 Å². The summed E-state index contributed by atoms with van der Waals surface area (Å²) in [6.45, 7) is 3.29. The van der Waals surface area contributed by atoms with Gasteiger partial charge in [-0.2, -0.15) is 0 Å². The normalized spacial score (nSPS) is 9.80. The number of esters is 1. The number of hydrogen-bond donors (Lipinski definition) is 0. The summed E-state index contributed by atoms with van der Waals surface area (Å²) in [5.41, 5.74) is 2.09. The van der Waals surface area contributed by atoms with Gasteiger partial charge in [-0.1, -0.05) is 11.6 Å². The van der Waals surface area contributed by atoms with Crippen molar-refractivity contribution in [3.05, 3.63) is 33.8 Å². The maximum Gasteiger partial charge on any atom is 0.302 e. The van der Waals surface area contributed by atoms with Crippen molar-refractivity contribution in [1.29, 1.82) is 0 Å². The molecular weight excluding hydrogens is 216 g/mol. The van der Waals surface area contributed by atoms with E-state index >= 15 is 0 Å². The summed E-state index contributed by atoms with van der Waals surface area (Å²) in [6, 6.07) is 3.26. The summed E-state index contributed by atoms with van der Waals surface area (Å²) in [5, 5.41) is 0.443. The average Bonchev–Trinajstić information content (AvgIpc) is 2.15. The van der Waals surface area contributed by atoms with Crippen LogP contribution in [0.4, 0.5) is 0 Å². The third-order valence-electron chi connectivity index (χ3n) is 2.00. The Hall–Kier alpha value is -1.35. The van der Waals surface area contributed by atoms with Gasteiger partial charge in [-0.3, -0.25) is 9.59 Å². The molecule has 0 amide bonds. The molecule has 3 nitrogen and oxygen atoms in total.